The van der Waals surface area contributed by atoms with Crippen LogP contribution in [0.3, 0.4) is 0 Å². The Morgan fingerprint density at radius 3 is 3.11 bits per heavy atom. The summed E-state index contributed by atoms with van der Waals surface area (Å²) in [4.78, 5) is 15.5. The highest BCUT2D eigenvalue weighted by Crippen LogP contribution is 2.26. The van der Waals surface area contributed by atoms with Crippen molar-refractivity contribution >= 4 is 28.8 Å². The minimum Gasteiger partial charge on any atom is -0.338 e. The maximum atomic E-state index is 12.2. The van der Waals surface area contributed by atoms with Crippen molar-refractivity contribution in [2.75, 3.05) is 12.4 Å². The van der Waals surface area contributed by atoms with Crippen LogP contribution in [0.15, 0.2) is 17.5 Å². The van der Waals surface area contributed by atoms with Crippen molar-refractivity contribution in [1.82, 2.24) is 4.90 Å². The summed E-state index contributed by atoms with van der Waals surface area (Å²) in [5.41, 5.74) is 0. The first-order valence-corrected chi connectivity index (χ1v) is 8.01. The fourth-order valence-corrected chi connectivity index (χ4v) is 3.79. The van der Waals surface area contributed by atoms with E-state index in [1.807, 2.05) is 4.90 Å². The second-order valence-corrected chi connectivity index (χ2v) is 6.35. The summed E-state index contributed by atoms with van der Waals surface area (Å²) in [7, 11) is 0. The molecule has 2 atom stereocenters. The van der Waals surface area contributed by atoms with Gasteiger partial charge in [-0.05, 0) is 36.6 Å². The molecule has 0 radical (unpaired) electrons. The number of carbonyl (C=O) groups excluding carboxylic acids is 1. The number of alkyl halides is 1. The van der Waals surface area contributed by atoms with Gasteiger partial charge in [0.05, 0.1) is 0 Å². The predicted octanol–water partition coefficient (Wildman–Crippen LogP) is 3.55. The Morgan fingerprint density at radius 1 is 1.61 bits per heavy atom. The monoisotopic (exact) mass is 285 g/mol. The topological polar surface area (TPSA) is 20.3 Å². The summed E-state index contributed by atoms with van der Waals surface area (Å²) in [6.45, 7) is 3.07. The maximum Gasteiger partial charge on any atom is 0.222 e. The van der Waals surface area contributed by atoms with Gasteiger partial charge in [0.1, 0.15) is 0 Å². The Kier molecular flexibility index (Phi) is 5.07. The van der Waals surface area contributed by atoms with Crippen LogP contribution in [0.25, 0.3) is 0 Å². The number of nitrogens with zero attached hydrogens (tertiary/aromatic N) is 1. The van der Waals surface area contributed by atoms with E-state index in [9.17, 15) is 4.79 Å². The molecule has 4 heteroatoms. The minimum atomic E-state index is 0.251. The van der Waals surface area contributed by atoms with Gasteiger partial charge in [-0.1, -0.05) is 13.0 Å². The molecule has 2 unspecified atom stereocenters. The van der Waals surface area contributed by atoms with Crippen molar-refractivity contribution in [3.8, 4) is 0 Å². The van der Waals surface area contributed by atoms with Gasteiger partial charge in [0, 0.05) is 29.8 Å². The third-order valence-corrected chi connectivity index (χ3v) is 5.01. The van der Waals surface area contributed by atoms with E-state index in [0.29, 0.717) is 18.2 Å². The number of thiophene rings is 1. The highest BCUT2D eigenvalue weighted by Gasteiger charge is 2.33. The van der Waals surface area contributed by atoms with E-state index in [-0.39, 0.29) is 11.9 Å². The lowest BCUT2D eigenvalue weighted by Gasteiger charge is -2.25. The number of amides is 1. The van der Waals surface area contributed by atoms with Crippen molar-refractivity contribution in [2.45, 2.75) is 38.6 Å². The molecule has 0 N–H and O–H groups in total. The molecule has 100 valence electrons. The average molecular weight is 286 g/mol. The number of carbonyl (C=O) groups is 1. The van der Waals surface area contributed by atoms with Crippen molar-refractivity contribution < 1.29 is 4.79 Å². The summed E-state index contributed by atoms with van der Waals surface area (Å²) >= 11 is 7.73. The second-order valence-electron chi connectivity index (χ2n) is 5.01. The standard InChI is InChI=1S/C14H20ClNOS/c1-11-7-8-16(13(11)10-15)14(17)6-2-4-12-5-3-9-18-12/h3,5,9,11,13H,2,4,6-8,10H2,1H3. The molecule has 0 aliphatic carbocycles. The molecule has 1 amide bonds. The Balaban J connectivity index is 1.77. The molecule has 2 heterocycles. The van der Waals surface area contributed by atoms with Gasteiger partial charge in [0.25, 0.3) is 0 Å². The molecule has 18 heavy (non-hydrogen) atoms. The summed E-state index contributed by atoms with van der Waals surface area (Å²) in [6.07, 6.45) is 3.70. The molecule has 1 aliphatic heterocycles. The molecule has 0 saturated carbocycles. The van der Waals surface area contributed by atoms with E-state index in [1.54, 1.807) is 11.3 Å². The molecular weight excluding hydrogens is 266 g/mol. The average Bonchev–Trinajstić information content (AvgIpc) is 2.98. The summed E-state index contributed by atoms with van der Waals surface area (Å²) < 4.78 is 0. The number of rotatable bonds is 5. The fourth-order valence-electron chi connectivity index (χ4n) is 2.57. The molecule has 1 aromatic heterocycles. The molecule has 0 spiro atoms. The molecule has 0 bridgehead atoms. The van der Waals surface area contributed by atoms with E-state index < -0.39 is 0 Å². The number of hydrogen-bond donors (Lipinski definition) is 0. The fraction of sp³-hybridized carbons (Fsp3) is 0.643. The molecule has 1 fully saturated rings. The third-order valence-electron chi connectivity index (χ3n) is 3.75. The number of aryl methyl sites for hydroxylation is 1. The smallest absolute Gasteiger partial charge is 0.222 e. The van der Waals surface area contributed by atoms with Crippen LogP contribution in [-0.2, 0) is 11.2 Å². The van der Waals surface area contributed by atoms with Crippen molar-refractivity contribution in [2.24, 2.45) is 5.92 Å². The van der Waals surface area contributed by atoms with E-state index in [2.05, 4.69) is 24.4 Å². The van der Waals surface area contributed by atoms with E-state index in [0.717, 1.165) is 25.8 Å². The second kappa shape index (κ2) is 6.58. The van der Waals surface area contributed by atoms with Crippen molar-refractivity contribution in [3.63, 3.8) is 0 Å². The first-order valence-electron chi connectivity index (χ1n) is 6.60. The normalized spacial score (nSPS) is 23.6. The van der Waals surface area contributed by atoms with Crippen LogP contribution in [0, 0.1) is 5.92 Å². The van der Waals surface area contributed by atoms with Gasteiger partial charge in [-0.15, -0.1) is 22.9 Å². The number of likely N-dealkylation sites (tertiary alicyclic amines) is 1. The highest BCUT2D eigenvalue weighted by molar-refractivity contribution is 7.09. The van der Waals surface area contributed by atoms with Crippen LogP contribution in [-0.4, -0.2) is 29.3 Å². The Bertz CT molecular complexity index is 379. The number of halogens is 1. The lowest BCUT2D eigenvalue weighted by Crippen LogP contribution is -2.38. The first-order chi connectivity index (χ1) is 8.72. The summed E-state index contributed by atoms with van der Waals surface area (Å²) in [6, 6.07) is 4.45. The molecule has 2 nitrogen and oxygen atoms in total. The van der Waals surface area contributed by atoms with Crippen LogP contribution in [0.4, 0.5) is 0 Å². The summed E-state index contributed by atoms with van der Waals surface area (Å²) in [5.74, 6) is 1.39. The molecule has 0 aromatic carbocycles. The lowest BCUT2D eigenvalue weighted by molar-refractivity contribution is -0.132. The quantitative estimate of drug-likeness (QED) is 0.758. The van der Waals surface area contributed by atoms with Crippen LogP contribution in [0.2, 0.25) is 0 Å². The summed E-state index contributed by atoms with van der Waals surface area (Å²) in [5, 5.41) is 2.09. The van der Waals surface area contributed by atoms with E-state index in [4.69, 9.17) is 11.6 Å². The van der Waals surface area contributed by atoms with Gasteiger partial charge in [-0.25, -0.2) is 0 Å². The number of hydrogen-bond acceptors (Lipinski definition) is 2. The van der Waals surface area contributed by atoms with Crippen molar-refractivity contribution in [3.05, 3.63) is 22.4 Å². The molecular formula is C14H20ClNOS. The Morgan fingerprint density at radius 2 is 2.44 bits per heavy atom. The van der Waals surface area contributed by atoms with Gasteiger partial charge in [-0.3, -0.25) is 4.79 Å². The minimum absolute atomic E-state index is 0.251. The SMILES string of the molecule is CC1CCN(C(=O)CCCc2cccs2)C1CCl. The van der Waals surface area contributed by atoms with Gasteiger partial charge in [-0.2, -0.15) is 0 Å². The molecule has 1 aliphatic rings. The van der Waals surface area contributed by atoms with E-state index >= 15 is 0 Å². The molecule has 1 aromatic rings. The highest BCUT2D eigenvalue weighted by atomic mass is 35.5. The zero-order valence-corrected chi connectivity index (χ0v) is 12.3. The van der Waals surface area contributed by atoms with Crippen LogP contribution in [0.5, 0.6) is 0 Å². The third kappa shape index (κ3) is 3.27. The Labute approximate surface area is 118 Å². The first kappa shape index (κ1) is 13.9. The van der Waals surface area contributed by atoms with Crippen LogP contribution in [0.1, 0.15) is 31.1 Å². The zero-order chi connectivity index (χ0) is 13.0. The predicted molar refractivity (Wildman–Crippen MR) is 77.3 cm³/mol. The maximum absolute atomic E-state index is 12.2. The van der Waals surface area contributed by atoms with Crippen molar-refractivity contribution in [1.29, 1.82) is 0 Å². The van der Waals surface area contributed by atoms with Crippen LogP contribution >= 0.6 is 22.9 Å². The van der Waals surface area contributed by atoms with Gasteiger partial charge < -0.3 is 4.90 Å². The van der Waals surface area contributed by atoms with Gasteiger partial charge in [0.15, 0.2) is 0 Å². The van der Waals surface area contributed by atoms with Gasteiger partial charge in [0.2, 0.25) is 5.91 Å². The largest absolute Gasteiger partial charge is 0.338 e. The van der Waals surface area contributed by atoms with Crippen LogP contribution < -0.4 is 0 Å². The Hall–Kier alpha value is -0.540. The molecule has 1 saturated heterocycles. The molecule has 2 rings (SSSR count). The van der Waals surface area contributed by atoms with Gasteiger partial charge >= 0.3 is 0 Å². The van der Waals surface area contributed by atoms with E-state index in [1.165, 1.54) is 4.88 Å². The lowest BCUT2D eigenvalue weighted by atomic mass is 10.0. The zero-order valence-electron chi connectivity index (χ0n) is 10.8.